The van der Waals surface area contributed by atoms with Gasteiger partial charge in [-0.2, -0.15) is 0 Å². The lowest BCUT2D eigenvalue weighted by molar-refractivity contribution is 0.102. The van der Waals surface area contributed by atoms with Gasteiger partial charge in [-0.25, -0.2) is 0 Å². The minimum Gasteiger partial charge on any atom is -0.491 e. The van der Waals surface area contributed by atoms with Crippen molar-refractivity contribution in [2.75, 3.05) is 17.4 Å². The third kappa shape index (κ3) is 4.55. The highest BCUT2D eigenvalue weighted by molar-refractivity contribution is 6.03. The molecule has 1 aliphatic heterocycles. The molecule has 0 atom stereocenters. The zero-order chi connectivity index (χ0) is 20.2. The van der Waals surface area contributed by atoms with E-state index in [1.165, 1.54) is 0 Å². The minimum absolute atomic E-state index is 0.121. The molecule has 0 saturated carbocycles. The van der Waals surface area contributed by atoms with Gasteiger partial charge in [0.2, 0.25) is 6.79 Å². The number of nitrogens with one attached hydrogen (secondary N) is 2. The highest BCUT2D eigenvalue weighted by atomic mass is 16.7. The van der Waals surface area contributed by atoms with Crippen LogP contribution in [0.4, 0.5) is 17.2 Å². The average Bonchev–Trinajstić information content (AvgIpc) is 3.17. The van der Waals surface area contributed by atoms with Crippen molar-refractivity contribution in [2.45, 2.75) is 20.0 Å². The van der Waals surface area contributed by atoms with Gasteiger partial charge in [-0.05, 0) is 62.4 Å². The van der Waals surface area contributed by atoms with Crippen LogP contribution in [0.5, 0.6) is 17.2 Å². The van der Waals surface area contributed by atoms with E-state index in [-0.39, 0.29) is 24.5 Å². The predicted octanol–water partition coefficient (Wildman–Crippen LogP) is 3.99. The summed E-state index contributed by atoms with van der Waals surface area (Å²) in [6.45, 7) is 4.14. The average molecular weight is 392 g/mol. The molecule has 4 rings (SSSR count). The summed E-state index contributed by atoms with van der Waals surface area (Å²) >= 11 is 0. The van der Waals surface area contributed by atoms with E-state index in [9.17, 15) is 4.79 Å². The maximum absolute atomic E-state index is 12.4. The van der Waals surface area contributed by atoms with Gasteiger partial charge in [0.15, 0.2) is 23.0 Å². The highest BCUT2D eigenvalue weighted by Gasteiger charge is 2.15. The fourth-order valence-electron chi connectivity index (χ4n) is 2.73. The van der Waals surface area contributed by atoms with Crippen LogP contribution in [0.3, 0.4) is 0 Å². The van der Waals surface area contributed by atoms with Crippen LogP contribution in [0.2, 0.25) is 0 Å². The number of amides is 1. The Balaban J connectivity index is 1.37. The van der Waals surface area contributed by atoms with Gasteiger partial charge in [0, 0.05) is 17.4 Å². The third-order valence-corrected chi connectivity index (χ3v) is 4.03. The Morgan fingerprint density at radius 1 is 0.966 bits per heavy atom. The number of fused-ring (bicyclic) bond motifs is 1. The van der Waals surface area contributed by atoms with E-state index in [1.54, 1.807) is 30.3 Å². The number of rotatable bonds is 6. The number of carbonyl (C=O) groups is 1. The Morgan fingerprint density at radius 3 is 2.45 bits per heavy atom. The summed E-state index contributed by atoms with van der Waals surface area (Å²) in [5, 5.41) is 14.0. The normalized spacial score (nSPS) is 12.0. The smallest absolute Gasteiger partial charge is 0.276 e. The summed E-state index contributed by atoms with van der Waals surface area (Å²) in [6.07, 6.45) is 0.121. The zero-order valence-corrected chi connectivity index (χ0v) is 16.0. The first kappa shape index (κ1) is 18.5. The van der Waals surface area contributed by atoms with Crippen molar-refractivity contribution in [3.8, 4) is 17.2 Å². The van der Waals surface area contributed by atoms with Crippen molar-refractivity contribution < 1.29 is 19.0 Å². The van der Waals surface area contributed by atoms with Gasteiger partial charge in [-0.1, -0.05) is 0 Å². The fourth-order valence-corrected chi connectivity index (χ4v) is 2.73. The summed E-state index contributed by atoms with van der Waals surface area (Å²) in [7, 11) is 0. The van der Waals surface area contributed by atoms with Crippen molar-refractivity contribution in [2.24, 2.45) is 0 Å². The lowest BCUT2D eigenvalue weighted by atomic mass is 10.2. The summed E-state index contributed by atoms with van der Waals surface area (Å²) < 4.78 is 16.2. The molecule has 8 heteroatoms. The molecule has 0 spiro atoms. The molecule has 2 aromatic carbocycles. The molecule has 0 radical (unpaired) electrons. The fraction of sp³-hybridized carbons (Fsp3) is 0.190. The molecule has 1 amide bonds. The van der Waals surface area contributed by atoms with E-state index < -0.39 is 0 Å². The van der Waals surface area contributed by atoms with Crippen LogP contribution in [0.15, 0.2) is 54.6 Å². The van der Waals surface area contributed by atoms with Crippen molar-refractivity contribution in [1.29, 1.82) is 0 Å². The Morgan fingerprint density at radius 2 is 1.72 bits per heavy atom. The van der Waals surface area contributed by atoms with E-state index in [2.05, 4.69) is 20.8 Å². The molecular weight excluding hydrogens is 372 g/mol. The number of hydrogen-bond acceptors (Lipinski definition) is 7. The molecule has 8 nitrogen and oxygen atoms in total. The van der Waals surface area contributed by atoms with Crippen molar-refractivity contribution in [1.82, 2.24) is 10.2 Å². The van der Waals surface area contributed by atoms with Gasteiger partial charge < -0.3 is 24.8 Å². The minimum atomic E-state index is -0.363. The Hall–Kier alpha value is -3.81. The zero-order valence-electron chi connectivity index (χ0n) is 16.0. The monoisotopic (exact) mass is 392 g/mol. The molecule has 1 aromatic heterocycles. The topological polar surface area (TPSA) is 94.6 Å². The number of benzene rings is 2. The Bertz CT molecular complexity index is 1000. The lowest BCUT2D eigenvalue weighted by Gasteiger charge is -2.11. The molecule has 29 heavy (non-hydrogen) atoms. The quantitative estimate of drug-likeness (QED) is 0.655. The van der Waals surface area contributed by atoms with Gasteiger partial charge in [-0.3, -0.25) is 4.79 Å². The van der Waals surface area contributed by atoms with Gasteiger partial charge in [0.25, 0.3) is 5.91 Å². The number of nitrogens with zero attached hydrogens (tertiary/aromatic N) is 2. The molecule has 3 aromatic rings. The summed E-state index contributed by atoms with van der Waals surface area (Å²) in [5.41, 5.74) is 1.63. The summed E-state index contributed by atoms with van der Waals surface area (Å²) in [4.78, 5) is 12.4. The van der Waals surface area contributed by atoms with Crippen molar-refractivity contribution >= 4 is 23.1 Å². The second-order valence-electron chi connectivity index (χ2n) is 6.64. The molecular formula is C21H20N4O4. The van der Waals surface area contributed by atoms with Gasteiger partial charge in [0.05, 0.1) is 6.10 Å². The molecule has 0 saturated heterocycles. The van der Waals surface area contributed by atoms with Crippen molar-refractivity contribution in [3.63, 3.8) is 0 Å². The largest absolute Gasteiger partial charge is 0.491 e. The molecule has 2 heterocycles. The van der Waals surface area contributed by atoms with Crippen molar-refractivity contribution in [3.05, 3.63) is 60.3 Å². The first-order valence-corrected chi connectivity index (χ1v) is 9.15. The Labute approximate surface area is 167 Å². The van der Waals surface area contributed by atoms with E-state index >= 15 is 0 Å². The Kier molecular flexibility index (Phi) is 5.15. The van der Waals surface area contributed by atoms with E-state index in [1.807, 2.05) is 38.1 Å². The molecule has 148 valence electrons. The maximum Gasteiger partial charge on any atom is 0.276 e. The van der Waals surface area contributed by atoms with Crippen LogP contribution in [-0.2, 0) is 0 Å². The van der Waals surface area contributed by atoms with Crippen LogP contribution in [0, 0.1) is 0 Å². The number of carbonyl (C=O) groups excluding carboxylic acids is 1. The standard InChI is InChI=1S/C21H20N4O4/c1-13(2)29-16-6-3-14(4-7-16)22-20-10-8-17(24-25-20)21(26)23-15-5-9-18-19(11-15)28-12-27-18/h3-11,13H,12H2,1-2H3,(H,22,25)(H,23,26). The maximum atomic E-state index is 12.4. The summed E-state index contributed by atoms with van der Waals surface area (Å²) in [6, 6.07) is 16.0. The van der Waals surface area contributed by atoms with E-state index in [0.29, 0.717) is 23.0 Å². The van der Waals surface area contributed by atoms with Gasteiger partial charge >= 0.3 is 0 Å². The first-order chi connectivity index (χ1) is 14.1. The van der Waals surface area contributed by atoms with Crippen LogP contribution >= 0.6 is 0 Å². The van der Waals surface area contributed by atoms with E-state index in [0.717, 1.165) is 11.4 Å². The molecule has 0 unspecified atom stereocenters. The second-order valence-corrected chi connectivity index (χ2v) is 6.64. The molecule has 1 aliphatic rings. The predicted molar refractivity (Wildman–Crippen MR) is 108 cm³/mol. The third-order valence-electron chi connectivity index (χ3n) is 4.03. The number of anilines is 3. The first-order valence-electron chi connectivity index (χ1n) is 9.15. The van der Waals surface area contributed by atoms with Crippen LogP contribution in [-0.4, -0.2) is 29.0 Å². The van der Waals surface area contributed by atoms with Crippen LogP contribution in [0.25, 0.3) is 0 Å². The molecule has 2 N–H and O–H groups in total. The molecule has 0 fully saturated rings. The molecule has 0 aliphatic carbocycles. The van der Waals surface area contributed by atoms with Gasteiger partial charge in [0.1, 0.15) is 5.75 Å². The van der Waals surface area contributed by atoms with Crippen LogP contribution < -0.4 is 24.8 Å². The van der Waals surface area contributed by atoms with Gasteiger partial charge in [-0.15, -0.1) is 10.2 Å². The number of hydrogen-bond donors (Lipinski definition) is 2. The SMILES string of the molecule is CC(C)Oc1ccc(Nc2ccc(C(=O)Nc3ccc4c(c3)OCO4)nn2)cc1. The van der Waals surface area contributed by atoms with Crippen LogP contribution in [0.1, 0.15) is 24.3 Å². The molecule has 0 bridgehead atoms. The number of ether oxygens (including phenoxy) is 3. The second kappa shape index (κ2) is 8.05. The lowest BCUT2D eigenvalue weighted by Crippen LogP contribution is -2.14. The highest BCUT2D eigenvalue weighted by Crippen LogP contribution is 2.34. The van der Waals surface area contributed by atoms with E-state index in [4.69, 9.17) is 14.2 Å². The summed E-state index contributed by atoms with van der Waals surface area (Å²) in [5.74, 6) is 2.22. The number of aromatic nitrogens is 2.